The third kappa shape index (κ3) is 13.9. The van der Waals surface area contributed by atoms with Crippen molar-refractivity contribution >= 4 is 15.0 Å². The molecule has 0 aromatic heterocycles. The molecule has 2 aromatic rings. The van der Waals surface area contributed by atoms with Crippen molar-refractivity contribution in [3.63, 3.8) is 0 Å². The van der Waals surface area contributed by atoms with Crippen LogP contribution >= 0.6 is 0 Å². The molecule has 0 aliphatic rings. The van der Waals surface area contributed by atoms with Gasteiger partial charge in [-0.1, -0.05) is 0 Å². The Balaban J connectivity index is 1.52. The molecule has 0 fully saturated rings. The Kier molecular flexibility index (Phi) is 16.5. The van der Waals surface area contributed by atoms with Crippen molar-refractivity contribution in [3.8, 4) is 11.5 Å². The number of rotatable bonds is 21. The second-order valence-corrected chi connectivity index (χ2v) is 9.37. The van der Waals surface area contributed by atoms with Gasteiger partial charge in [-0.3, -0.25) is 0 Å². The fraction of sp³-hybridized carbons (Fsp3) is 0.538. The normalized spacial score (nSPS) is 11.0. The van der Waals surface area contributed by atoms with E-state index in [9.17, 15) is 0 Å². The molecule has 34 heavy (non-hydrogen) atoms. The summed E-state index contributed by atoms with van der Waals surface area (Å²) in [5.74, 6) is 1.75. The second kappa shape index (κ2) is 19.6. The summed E-state index contributed by atoms with van der Waals surface area (Å²) in [6, 6.07) is 16.7. The topological polar surface area (TPSA) is 64.6 Å². The Morgan fingerprint density at radius 1 is 0.471 bits per heavy atom. The van der Waals surface area contributed by atoms with Gasteiger partial charge in [-0.2, -0.15) is 0 Å². The average Bonchev–Trinajstić information content (AvgIpc) is 2.87. The number of methoxy groups -OCH3 is 2. The quantitative estimate of drug-likeness (QED) is 0.178. The van der Waals surface area contributed by atoms with Gasteiger partial charge in [0.2, 0.25) is 0 Å². The third-order valence-corrected chi connectivity index (χ3v) is 6.87. The van der Waals surface area contributed by atoms with E-state index in [0.717, 1.165) is 22.1 Å². The van der Waals surface area contributed by atoms with Crippen LogP contribution in [0, 0.1) is 0 Å². The molecule has 190 valence electrons. The minimum atomic E-state index is 0.499. The predicted molar refractivity (Wildman–Crippen MR) is 133 cm³/mol. The zero-order valence-electron chi connectivity index (χ0n) is 20.4. The molecule has 2 rings (SSSR count). The van der Waals surface area contributed by atoms with E-state index < -0.39 is 0 Å². The maximum absolute atomic E-state index is 5.74. The number of benzene rings is 2. The fourth-order valence-electron chi connectivity index (χ4n) is 2.80. The molecule has 0 saturated carbocycles. The van der Waals surface area contributed by atoms with Crippen LogP contribution in [-0.4, -0.2) is 95.2 Å². The zero-order chi connectivity index (χ0) is 24.1. The molecule has 0 radical (unpaired) electrons. The van der Waals surface area contributed by atoms with Gasteiger partial charge < -0.3 is 4.74 Å². The van der Waals surface area contributed by atoms with Crippen LogP contribution in [0.4, 0.5) is 0 Å². The molecule has 0 spiro atoms. The average molecular weight is 542 g/mol. The van der Waals surface area contributed by atoms with Gasteiger partial charge in [-0.15, -0.1) is 0 Å². The third-order valence-electron chi connectivity index (χ3n) is 4.61. The Bertz CT molecular complexity index is 725. The van der Waals surface area contributed by atoms with Gasteiger partial charge in [0.25, 0.3) is 0 Å². The van der Waals surface area contributed by atoms with Gasteiger partial charge >= 0.3 is 178 Å². The molecule has 0 amide bonds. The van der Waals surface area contributed by atoms with Crippen LogP contribution in [0.25, 0.3) is 0 Å². The van der Waals surface area contributed by atoms with Crippen LogP contribution in [0.1, 0.15) is 11.1 Å². The molecule has 0 heterocycles. The summed E-state index contributed by atoms with van der Waals surface area (Å²) in [4.78, 5) is 0. The molecule has 0 aliphatic carbocycles. The van der Waals surface area contributed by atoms with E-state index in [0.29, 0.717) is 81.0 Å². The van der Waals surface area contributed by atoms with Crippen LogP contribution in [0.15, 0.2) is 48.5 Å². The van der Waals surface area contributed by atoms with E-state index in [1.807, 2.05) is 24.3 Å². The summed E-state index contributed by atoms with van der Waals surface area (Å²) in [5, 5.41) is 2.19. The van der Waals surface area contributed by atoms with Crippen molar-refractivity contribution in [1.82, 2.24) is 0 Å². The molecule has 0 saturated heterocycles. The zero-order valence-corrected chi connectivity index (χ0v) is 22.1. The molecule has 2 aromatic carbocycles. The van der Waals surface area contributed by atoms with Crippen molar-refractivity contribution < 1.29 is 33.2 Å². The number of hydrogen-bond donors (Lipinski definition) is 0. The van der Waals surface area contributed by atoms with Gasteiger partial charge in [0.1, 0.15) is 0 Å². The van der Waals surface area contributed by atoms with Crippen molar-refractivity contribution in [1.29, 1.82) is 0 Å². The van der Waals surface area contributed by atoms with Crippen LogP contribution in [0.3, 0.4) is 0 Å². The van der Waals surface area contributed by atoms with E-state index in [4.69, 9.17) is 33.2 Å². The Morgan fingerprint density at radius 3 is 1.21 bits per heavy atom. The Morgan fingerprint density at radius 2 is 0.824 bits per heavy atom. The summed E-state index contributed by atoms with van der Waals surface area (Å²) in [6.45, 7) is 5.73. The first-order valence-electron chi connectivity index (χ1n) is 11.5. The predicted octanol–water partition coefficient (Wildman–Crippen LogP) is 3.19. The van der Waals surface area contributed by atoms with Crippen LogP contribution in [-0.2, 0) is 34.3 Å². The second-order valence-electron chi connectivity index (χ2n) is 7.30. The SMILES string of the molecule is COCCOCCOCCOc1ccc(C[Se]Cc2ccc(OCCOCCOC)cc2)cc1. The first kappa shape index (κ1) is 28.6. The Hall–Kier alpha value is -1.64. The van der Waals surface area contributed by atoms with Crippen LogP contribution in [0.2, 0.25) is 0 Å². The molecule has 0 N–H and O–H groups in total. The molecular weight excluding hydrogens is 503 g/mol. The fourth-order valence-corrected chi connectivity index (χ4v) is 4.81. The summed E-state index contributed by atoms with van der Waals surface area (Å²) in [7, 11) is 3.32. The summed E-state index contributed by atoms with van der Waals surface area (Å²) >= 11 is 0.499. The first-order valence-corrected chi connectivity index (χ1v) is 14.0. The molecule has 0 bridgehead atoms. The first-order chi connectivity index (χ1) is 16.8. The molecular formula is C26H38O7Se. The van der Waals surface area contributed by atoms with Gasteiger partial charge in [0.15, 0.2) is 0 Å². The molecule has 0 aliphatic heterocycles. The number of hydrogen-bond acceptors (Lipinski definition) is 7. The van der Waals surface area contributed by atoms with E-state index in [1.54, 1.807) is 14.2 Å². The maximum atomic E-state index is 5.74. The molecule has 0 atom stereocenters. The summed E-state index contributed by atoms with van der Waals surface area (Å²) in [6.07, 6.45) is 0. The number of ether oxygens (including phenoxy) is 7. The summed E-state index contributed by atoms with van der Waals surface area (Å²) in [5.41, 5.74) is 2.68. The van der Waals surface area contributed by atoms with Crippen LogP contribution < -0.4 is 9.47 Å². The Labute approximate surface area is 210 Å². The van der Waals surface area contributed by atoms with E-state index >= 15 is 0 Å². The monoisotopic (exact) mass is 542 g/mol. The summed E-state index contributed by atoms with van der Waals surface area (Å²) < 4.78 is 37.5. The molecule has 7 nitrogen and oxygen atoms in total. The van der Waals surface area contributed by atoms with Gasteiger partial charge in [-0.25, -0.2) is 0 Å². The van der Waals surface area contributed by atoms with E-state index in [-0.39, 0.29) is 0 Å². The standard InChI is InChI=1S/C26H38O7Se/c1-27-11-13-29-15-16-31-18-20-33-26-9-5-24(6-10-26)22-34-21-23-3-7-25(8-4-23)32-19-17-30-14-12-28-2/h3-10H,11-22H2,1-2H3. The van der Waals surface area contributed by atoms with E-state index in [1.165, 1.54) is 11.1 Å². The van der Waals surface area contributed by atoms with Gasteiger partial charge in [0.05, 0.1) is 13.2 Å². The molecule has 8 heteroatoms. The van der Waals surface area contributed by atoms with Gasteiger partial charge in [-0.05, 0) is 0 Å². The van der Waals surface area contributed by atoms with Crippen molar-refractivity contribution in [2.45, 2.75) is 10.6 Å². The molecule has 0 unspecified atom stereocenters. The van der Waals surface area contributed by atoms with Crippen molar-refractivity contribution in [3.05, 3.63) is 59.7 Å². The van der Waals surface area contributed by atoms with E-state index in [2.05, 4.69) is 24.3 Å². The van der Waals surface area contributed by atoms with Crippen LogP contribution in [0.5, 0.6) is 11.5 Å². The van der Waals surface area contributed by atoms with Crippen molar-refractivity contribution in [2.75, 3.05) is 80.3 Å². The minimum absolute atomic E-state index is 0.499. The van der Waals surface area contributed by atoms with Gasteiger partial charge in [0, 0.05) is 14.2 Å². The van der Waals surface area contributed by atoms with Crippen molar-refractivity contribution in [2.24, 2.45) is 0 Å².